The fourth-order valence-electron chi connectivity index (χ4n) is 1.49. The molecule has 17 heavy (non-hydrogen) atoms. The molecule has 0 bridgehead atoms. The number of aromatic nitrogens is 1. The van der Waals surface area contributed by atoms with Crippen LogP contribution >= 0.6 is 27.3 Å². The average molecular weight is 315 g/mol. The molecular weight excluding hydrogens is 300 g/mol. The summed E-state index contributed by atoms with van der Waals surface area (Å²) in [5.41, 5.74) is 0. The molecule has 1 N–H and O–H groups in total. The van der Waals surface area contributed by atoms with Crippen molar-refractivity contribution in [3.8, 4) is 0 Å². The summed E-state index contributed by atoms with van der Waals surface area (Å²) in [7, 11) is 0. The maximum atomic E-state index is 5.52. The molecule has 0 aliphatic rings. The molecule has 2 heterocycles. The number of rotatable bonds is 5. The molecule has 92 valence electrons. The summed E-state index contributed by atoms with van der Waals surface area (Å²) in [4.78, 5) is 6.83. The van der Waals surface area contributed by atoms with Gasteiger partial charge in [0.1, 0.15) is 5.76 Å². The van der Waals surface area contributed by atoms with Crippen LogP contribution in [-0.4, -0.2) is 4.98 Å². The Morgan fingerprint density at radius 2 is 2.29 bits per heavy atom. The summed E-state index contributed by atoms with van der Waals surface area (Å²) < 4.78 is 6.70. The molecule has 2 aromatic heterocycles. The van der Waals surface area contributed by atoms with E-state index in [-0.39, 0.29) is 0 Å². The molecule has 3 nitrogen and oxygen atoms in total. The highest BCUT2D eigenvalue weighted by Gasteiger charge is 2.04. The minimum Gasteiger partial charge on any atom is -0.444 e. The first kappa shape index (κ1) is 12.8. The zero-order chi connectivity index (χ0) is 12.3. The van der Waals surface area contributed by atoms with Crippen molar-refractivity contribution < 1.29 is 4.42 Å². The molecule has 0 aliphatic heterocycles. The lowest BCUT2D eigenvalue weighted by atomic mass is 10.4. The molecule has 2 rings (SSSR count). The van der Waals surface area contributed by atoms with Crippen LogP contribution in [0.4, 0.5) is 0 Å². The first-order chi connectivity index (χ1) is 8.19. The van der Waals surface area contributed by atoms with Gasteiger partial charge in [-0.3, -0.25) is 0 Å². The molecule has 0 unspecified atom stereocenters. The summed E-state index contributed by atoms with van der Waals surface area (Å²) in [6.07, 6.45) is 2.69. The molecule has 2 aromatic rings. The van der Waals surface area contributed by atoms with Crippen molar-refractivity contribution in [1.82, 2.24) is 10.3 Å². The smallest absolute Gasteiger partial charge is 0.208 e. The standard InChI is InChI=1S/C12H15BrN2OS/c1-3-9-5-15-12(16-9)7-14-6-10-4-11(13)8(2)17-10/h4-5,14H,3,6-7H2,1-2H3. The SMILES string of the molecule is CCc1cnc(CNCc2cc(Br)c(C)s2)o1. The fraction of sp³-hybridized carbons (Fsp3) is 0.417. The number of thiophene rings is 1. The molecule has 0 saturated heterocycles. The molecule has 0 amide bonds. The zero-order valence-electron chi connectivity index (χ0n) is 9.92. The van der Waals surface area contributed by atoms with Crippen LogP contribution in [0.15, 0.2) is 21.2 Å². The van der Waals surface area contributed by atoms with Crippen LogP contribution in [0.25, 0.3) is 0 Å². The highest BCUT2D eigenvalue weighted by molar-refractivity contribution is 9.10. The van der Waals surface area contributed by atoms with Gasteiger partial charge in [0.05, 0.1) is 12.7 Å². The van der Waals surface area contributed by atoms with E-state index in [0.29, 0.717) is 6.54 Å². The maximum Gasteiger partial charge on any atom is 0.208 e. The summed E-state index contributed by atoms with van der Waals surface area (Å²) in [5.74, 6) is 1.70. The van der Waals surface area contributed by atoms with Crippen molar-refractivity contribution in [2.24, 2.45) is 0 Å². The molecule has 0 spiro atoms. The number of oxazole rings is 1. The Hall–Kier alpha value is -0.650. The molecule has 0 aliphatic carbocycles. The van der Waals surface area contributed by atoms with Crippen molar-refractivity contribution in [3.05, 3.63) is 38.1 Å². The van der Waals surface area contributed by atoms with Crippen molar-refractivity contribution in [2.45, 2.75) is 33.4 Å². The van der Waals surface area contributed by atoms with E-state index in [0.717, 1.165) is 24.6 Å². The maximum absolute atomic E-state index is 5.52. The number of halogens is 1. The van der Waals surface area contributed by atoms with Gasteiger partial charge in [-0.2, -0.15) is 0 Å². The van der Waals surface area contributed by atoms with Crippen molar-refractivity contribution in [3.63, 3.8) is 0 Å². The van der Waals surface area contributed by atoms with E-state index in [1.54, 1.807) is 17.5 Å². The monoisotopic (exact) mass is 314 g/mol. The Kier molecular flexibility index (Phi) is 4.36. The average Bonchev–Trinajstić information content (AvgIpc) is 2.87. The van der Waals surface area contributed by atoms with Gasteiger partial charge in [0.15, 0.2) is 0 Å². The molecule has 0 saturated carbocycles. The van der Waals surface area contributed by atoms with E-state index >= 15 is 0 Å². The molecule has 0 radical (unpaired) electrons. The lowest BCUT2D eigenvalue weighted by Crippen LogP contribution is -2.11. The Bertz CT molecular complexity index is 473. The highest BCUT2D eigenvalue weighted by atomic mass is 79.9. The van der Waals surface area contributed by atoms with Gasteiger partial charge in [-0.15, -0.1) is 11.3 Å². The summed E-state index contributed by atoms with van der Waals surface area (Å²) in [6, 6.07) is 2.15. The Morgan fingerprint density at radius 3 is 2.88 bits per heavy atom. The summed E-state index contributed by atoms with van der Waals surface area (Å²) >= 11 is 5.32. The second kappa shape index (κ2) is 5.80. The minimum atomic E-state index is 0.675. The van der Waals surface area contributed by atoms with Crippen molar-refractivity contribution >= 4 is 27.3 Å². The molecule has 0 aromatic carbocycles. The lowest BCUT2D eigenvalue weighted by Gasteiger charge is -1.98. The van der Waals surface area contributed by atoms with E-state index in [1.165, 1.54) is 14.2 Å². The van der Waals surface area contributed by atoms with Crippen LogP contribution in [0.1, 0.15) is 28.3 Å². The van der Waals surface area contributed by atoms with E-state index in [1.807, 2.05) is 0 Å². The fourth-order valence-corrected chi connectivity index (χ4v) is 3.06. The number of nitrogens with one attached hydrogen (secondary N) is 1. The van der Waals surface area contributed by atoms with Crippen LogP contribution in [0.5, 0.6) is 0 Å². The lowest BCUT2D eigenvalue weighted by molar-refractivity contribution is 0.439. The van der Waals surface area contributed by atoms with Gasteiger partial charge in [0, 0.05) is 27.2 Å². The third-order valence-corrected chi connectivity index (χ3v) is 4.57. The van der Waals surface area contributed by atoms with Crippen LogP contribution in [0, 0.1) is 6.92 Å². The highest BCUT2D eigenvalue weighted by Crippen LogP contribution is 2.26. The number of aryl methyl sites for hydroxylation is 2. The number of hydrogen-bond donors (Lipinski definition) is 1. The van der Waals surface area contributed by atoms with Crippen LogP contribution in [-0.2, 0) is 19.5 Å². The second-order valence-corrected chi connectivity index (χ2v) is 5.99. The van der Waals surface area contributed by atoms with Gasteiger partial charge in [-0.1, -0.05) is 6.92 Å². The largest absolute Gasteiger partial charge is 0.444 e. The first-order valence-electron chi connectivity index (χ1n) is 5.58. The van der Waals surface area contributed by atoms with Gasteiger partial charge in [-0.25, -0.2) is 4.98 Å². The van der Waals surface area contributed by atoms with Gasteiger partial charge in [0.25, 0.3) is 0 Å². The Balaban J connectivity index is 1.83. The summed E-state index contributed by atoms with van der Waals surface area (Å²) in [6.45, 7) is 5.69. The molecular formula is C12H15BrN2OS. The number of nitrogens with zero attached hydrogens (tertiary/aromatic N) is 1. The van der Waals surface area contributed by atoms with Gasteiger partial charge >= 0.3 is 0 Å². The van der Waals surface area contributed by atoms with Crippen molar-refractivity contribution in [2.75, 3.05) is 0 Å². The number of hydrogen-bond acceptors (Lipinski definition) is 4. The second-order valence-electron chi connectivity index (χ2n) is 3.79. The molecule has 0 atom stereocenters. The predicted molar refractivity (Wildman–Crippen MR) is 73.2 cm³/mol. The molecule has 0 fully saturated rings. The Labute approximate surface area is 113 Å². The third-order valence-electron chi connectivity index (χ3n) is 2.43. The van der Waals surface area contributed by atoms with Crippen LogP contribution < -0.4 is 5.32 Å². The Morgan fingerprint density at radius 1 is 1.47 bits per heavy atom. The minimum absolute atomic E-state index is 0.675. The van der Waals surface area contributed by atoms with Crippen LogP contribution in [0.3, 0.4) is 0 Å². The topological polar surface area (TPSA) is 38.1 Å². The van der Waals surface area contributed by atoms with E-state index < -0.39 is 0 Å². The van der Waals surface area contributed by atoms with E-state index in [9.17, 15) is 0 Å². The van der Waals surface area contributed by atoms with Gasteiger partial charge < -0.3 is 9.73 Å². The van der Waals surface area contributed by atoms with Crippen LogP contribution in [0.2, 0.25) is 0 Å². The first-order valence-corrected chi connectivity index (χ1v) is 7.19. The zero-order valence-corrected chi connectivity index (χ0v) is 12.3. The van der Waals surface area contributed by atoms with E-state index in [2.05, 4.69) is 46.1 Å². The van der Waals surface area contributed by atoms with E-state index in [4.69, 9.17) is 4.42 Å². The molecule has 5 heteroatoms. The van der Waals surface area contributed by atoms with Crippen molar-refractivity contribution in [1.29, 1.82) is 0 Å². The predicted octanol–water partition coefficient (Wildman–Crippen LogP) is 3.66. The quantitative estimate of drug-likeness (QED) is 0.915. The van der Waals surface area contributed by atoms with Gasteiger partial charge in [-0.05, 0) is 28.9 Å². The normalized spacial score (nSPS) is 11.0. The third kappa shape index (κ3) is 3.40. The van der Waals surface area contributed by atoms with Gasteiger partial charge in [0.2, 0.25) is 5.89 Å². The summed E-state index contributed by atoms with van der Waals surface area (Å²) in [5, 5.41) is 3.33.